The lowest BCUT2D eigenvalue weighted by Crippen LogP contribution is -2.39. The molecule has 1 N–H and O–H groups in total. The standard InChI is InChI=1S/C21H38O3.H2S/c1-15-11-12-18-9-6-10-19(20(18)14-23-15)16(2)21(22)24-13-17-7-4-3-5-8-17;/h15-22H,3-14H2,1-2H3;1H2. The first-order chi connectivity index (χ1) is 11.6. The zero-order chi connectivity index (χ0) is 16.9. The maximum Gasteiger partial charge on any atom is 0.157 e. The van der Waals surface area contributed by atoms with E-state index in [9.17, 15) is 5.11 Å². The Balaban J connectivity index is 0.00000225. The van der Waals surface area contributed by atoms with Gasteiger partial charge in [-0.2, -0.15) is 13.5 Å². The fourth-order valence-electron chi connectivity index (χ4n) is 5.42. The number of fused-ring (bicyclic) bond motifs is 1. The molecule has 6 unspecified atom stereocenters. The Morgan fingerprint density at radius 3 is 2.52 bits per heavy atom. The van der Waals surface area contributed by atoms with Crippen LogP contribution < -0.4 is 0 Å². The van der Waals surface area contributed by atoms with Crippen molar-refractivity contribution in [3.05, 3.63) is 0 Å². The van der Waals surface area contributed by atoms with Gasteiger partial charge in [-0.15, -0.1) is 0 Å². The molecular formula is C21H40O3S. The van der Waals surface area contributed by atoms with Gasteiger partial charge in [0.15, 0.2) is 6.29 Å². The van der Waals surface area contributed by atoms with Gasteiger partial charge in [0, 0.05) is 5.92 Å². The van der Waals surface area contributed by atoms with E-state index in [2.05, 4.69) is 13.8 Å². The van der Waals surface area contributed by atoms with Crippen LogP contribution in [0.15, 0.2) is 0 Å². The van der Waals surface area contributed by atoms with Crippen LogP contribution in [0, 0.1) is 29.6 Å². The van der Waals surface area contributed by atoms with Crippen LogP contribution in [0.25, 0.3) is 0 Å². The highest BCUT2D eigenvalue weighted by atomic mass is 32.1. The molecular weight excluding hydrogens is 332 g/mol. The second-order valence-corrected chi connectivity index (χ2v) is 8.83. The molecule has 4 heteroatoms. The lowest BCUT2D eigenvalue weighted by Gasteiger charge is -2.41. The third-order valence-corrected chi connectivity index (χ3v) is 7.14. The fourth-order valence-corrected chi connectivity index (χ4v) is 5.42. The first kappa shape index (κ1) is 21.5. The van der Waals surface area contributed by atoms with Crippen LogP contribution in [0.5, 0.6) is 0 Å². The molecule has 1 saturated heterocycles. The monoisotopic (exact) mass is 372 g/mol. The first-order valence-corrected chi connectivity index (χ1v) is 10.6. The average Bonchev–Trinajstić information content (AvgIpc) is 2.81. The predicted octanol–water partition coefficient (Wildman–Crippen LogP) is 4.88. The molecule has 1 aliphatic heterocycles. The van der Waals surface area contributed by atoms with Crippen molar-refractivity contribution < 1.29 is 14.6 Å². The van der Waals surface area contributed by atoms with Crippen LogP contribution in [0.2, 0.25) is 0 Å². The highest BCUT2D eigenvalue weighted by Crippen LogP contribution is 2.44. The molecule has 0 bridgehead atoms. The number of aliphatic hydroxyl groups excluding tert-OH is 1. The predicted molar refractivity (Wildman–Crippen MR) is 107 cm³/mol. The molecule has 3 fully saturated rings. The normalized spacial score (nSPS) is 36.6. The van der Waals surface area contributed by atoms with Crippen molar-refractivity contribution in [3.8, 4) is 0 Å². The second-order valence-electron chi connectivity index (χ2n) is 8.83. The minimum Gasteiger partial charge on any atom is -0.378 e. The summed E-state index contributed by atoms with van der Waals surface area (Å²) < 4.78 is 12.0. The number of rotatable bonds is 5. The Hall–Kier alpha value is 0.230. The van der Waals surface area contributed by atoms with Crippen LogP contribution in [-0.2, 0) is 9.47 Å². The first-order valence-electron chi connectivity index (χ1n) is 10.6. The van der Waals surface area contributed by atoms with Crippen LogP contribution in [0.3, 0.4) is 0 Å². The maximum absolute atomic E-state index is 10.7. The number of hydrogen-bond acceptors (Lipinski definition) is 3. The van der Waals surface area contributed by atoms with Gasteiger partial charge >= 0.3 is 0 Å². The number of hydrogen-bond donors (Lipinski definition) is 1. The van der Waals surface area contributed by atoms with E-state index in [1.165, 1.54) is 64.2 Å². The van der Waals surface area contributed by atoms with Gasteiger partial charge in [0.1, 0.15) is 0 Å². The summed E-state index contributed by atoms with van der Waals surface area (Å²) in [5, 5.41) is 10.7. The Kier molecular flexibility index (Phi) is 9.07. The van der Waals surface area contributed by atoms with Gasteiger partial charge in [0.2, 0.25) is 0 Å². The smallest absolute Gasteiger partial charge is 0.157 e. The second kappa shape index (κ2) is 10.5. The molecule has 0 aromatic heterocycles. The SMILES string of the molecule is CC1CCC2CCCC(C(C)C(O)OCC3CCCCC3)C2CO1.S. The Morgan fingerprint density at radius 2 is 1.76 bits per heavy atom. The van der Waals surface area contributed by atoms with E-state index in [1.54, 1.807) is 0 Å². The van der Waals surface area contributed by atoms with Gasteiger partial charge in [0.05, 0.1) is 19.3 Å². The van der Waals surface area contributed by atoms with E-state index in [-0.39, 0.29) is 19.4 Å². The van der Waals surface area contributed by atoms with Crippen LogP contribution in [-0.4, -0.2) is 30.7 Å². The molecule has 3 rings (SSSR count). The highest BCUT2D eigenvalue weighted by Gasteiger charge is 2.40. The van der Waals surface area contributed by atoms with Crippen molar-refractivity contribution in [3.63, 3.8) is 0 Å². The summed E-state index contributed by atoms with van der Waals surface area (Å²) in [6.07, 6.45) is 12.8. The van der Waals surface area contributed by atoms with E-state index in [0.717, 1.165) is 19.1 Å². The number of ether oxygens (including phenoxy) is 2. The van der Waals surface area contributed by atoms with Crippen molar-refractivity contribution in [1.82, 2.24) is 0 Å². The average molecular weight is 373 g/mol. The van der Waals surface area contributed by atoms with Crippen molar-refractivity contribution in [2.75, 3.05) is 13.2 Å². The van der Waals surface area contributed by atoms with Gasteiger partial charge in [-0.1, -0.05) is 39.0 Å². The lowest BCUT2D eigenvalue weighted by molar-refractivity contribution is -0.164. The summed E-state index contributed by atoms with van der Waals surface area (Å²) in [6, 6.07) is 0. The van der Waals surface area contributed by atoms with Crippen molar-refractivity contribution in [1.29, 1.82) is 0 Å². The van der Waals surface area contributed by atoms with Crippen LogP contribution in [0.1, 0.15) is 78.1 Å². The van der Waals surface area contributed by atoms with Crippen molar-refractivity contribution in [2.45, 2.75) is 90.4 Å². The Morgan fingerprint density at radius 1 is 1.00 bits per heavy atom. The molecule has 3 aliphatic rings. The van der Waals surface area contributed by atoms with E-state index in [1.807, 2.05) is 0 Å². The Bertz CT molecular complexity index is 372. The molecule has 0 aromatic rings. The molecule has 25 heavy (non-hydrogen) atoms. The van der Waals surface area contributed by atoms with Gasteiger partial charge in [-0.25, -0.2) is 0 Å². The Labute approximate surface area is 161 Å². The summed E-state index contributed by atoms with van der Waals surface area (Å²) in [4.78, 5) is 0. The van der Waals surface area contributed by atoms with E-state index in [0.29, 0.717) is 23.9 Å². The molecule has 2 saturated carbocycles. The van der Waals surface area contributed by atoms with Crippen LogP contribution in [0.4, 0.5) is 0 Å². The fraction of sp³-hybridized carbons (Fsp3) is 1.00. The summed E-state index contributed by atoms with van der Waals surface area (Å²) in [5.41, 5.74) is 0. The molecule has 1 heterocycles. The quantitative estimate of drug-likeness (QED) is 0.699. The number of aliphatic hydroxyl groups is 1. The zero-order valence-corrected chi connectivity index (χ0v) is 17.3. The molecule has 0 spiro atoms. The van der Waals surface area contributed by atoms with E-state index >= 15 is 0 Å². The van der Waals surface area contributed by atoms with E-state index < -0.39 is 6.29 Å². The third kappa shape index (κ3) is 5.85. The molecule has 3 nitrogen and oxygen atoms in total. The summed E-state index contributed by atoms with van der Waals surface area (Å²) in [7, 11) is 0. The maximum atomic E-state index is 10.7. The largest absolute Gasteiger partial charge is 0.378 e. The summed E-state index contributed by atoms with van der Waals surface area (Å²) in [6.45, 7) is 6.04. The lowest BCUT2D eigenvalue weighted by atomic mass is 9.66. The van der Waals surface area contributed by atoms with Gasteiger partial charge < -0.3 is 14.6 Å². The summed E-state index contributed by atoms with van der Waals surface area (Å²) >= 11 is 0. The molecule has 6 atom stereocenters. The zero-order valence-electron chi connectivity index (χ0n) is 16.3. The van der Waals surface area contributed by atoms with Gasteiger partial charge in [0.25, 0.3) is 0 Å². The molecule has 0 radical (unpaired) electrons. The van der Waals surface area contributed by atoms with Crippen molar-refractivity contribution >= 4 is 13.5 Å². The topological polar surface area (TPSA) is 38.7 Å². The van der Waals surface area contributed by atoms with Crippen molar-refractivity contribution in [2.24, 2.45) is 29.6 Å². The molecule has 2 aliphatic carbocycles. The highest BCUT2D eigenvalue weighted by molar-refractivity contribution is 7.59. The van der Waals surface area contributed by atoms with Gasteiger partial charge in [-0.3, -0.25) is 0 Å². The molecule has 148 valence electrons. The summed E-state index contributed by atoms with van der Waals surface area (Å²) in [5.74, 6) is 2.85. The minimum absolute atomic E-state index is 0. The molecule has 0 aromatic carbocycles. The van der Waals surface area contributed by atoms with E-state index in [4.69, 9.17) is 9.47 Å². The van der Waals surface area contributed by atoms with Gasteiger partial charge in [-0.05, 0) is 62.7 Å². The third-order valence-electron chi connectivity index (χ3n) is 7.14. The molecule has 0 amide bonds. The van der Waals surface area contributed by atoms with Crippen LogP contribution >= 0.6 is 13.5 Å². The minimum atomic E-state index is -0.601.